The Kier molecular flexibility index (Phi) is 5.78. The van der Waals surface area contributed by atoms with E-state index in [1.54, 1.807) is 24.3 Å². The van der Waals surface area contributed by atoms with Gasteiger partial charge in [0.05, 0.1) is 5.92 Å². The third-order valence-corrected chi connectivity index (χ3v) is 5.77. The minimum absolute atomic E-state index is 0.182. The molecule has 0 aliphatic heterocycles. The molecule has 0 bridgehead atoms. The predicted molar refractivity (Wildman–Crippen MR) is 98.8 cm³/mol. The number of esters is 1. The lowest BCUT2D eigenvalue weighted by Crippen LogP contribution is -2.64. The molecule has 1 saturated carbocycles. The van der Waals surface area contributed by atoms with Crippen LogP contribution in [0.25, 0.3) is 0 Å². The monoisotopic (exact) mass is 362 g/mol. The SMILES string of the molecule is CCC(N)(C(=O)Oc1ccccc1)C1(C)CC(C(=O)ON)CC(C)(C)C1. The van der Waals surface area contributed by atoms with E-state index in [-0.39, 0.29) is 5.41 Å². The molecular weight excluding hydrogens is 332 g/mol. The van der Waals surface area contributed by atoms with E-state index in [1.165, 1.54) is 0 Å². The fourth-order valence-electron chi connectivity index (χ4n) is 4.59. The maximum atomic E-state index is 13.0. The second-order valence-electron chi connectivity index (χ2n) is 8.47. The van der Waals surface area contributed by atoms with Crippen molar-refractivity contribution in [3.05, 3.63) is 30.3 Å². The molecule has 0 aromatic heterocycles. The molecular formula is C20H30N2O4. The molecule has 0 saturated heterocycles. The Morgan fingerprint density at radius 3 is 2.35 bits per heavy atom. The fraction of sp³-hybridized carbons (Fsp3) is 0.600. The van der Waals surface area contributed by atoms with E-state index in [0.29, 0.717) is 31.4 Å². The van der Waals surface area contributed by atoms with E-state index in [1.807, 2.05) is 19.9 Å². The molecule has 0 spiro atoms. The van der Waals surface area contributed by atoms with Crippen LogP contribution in [-0.4, -0.2) is 17.5 Å². The van der Waals surface area contributed by atoms with Gasteiger partial charge in [-0.3, -0.25) is 4.79 Å². The Morgan fingerprint density at radius 1 is 1.19 bits per heavy atom. The summed E-state index contributed by atoms with van der Waals surface area (Å²) in [6.45, 7) is 7.97. The zero-order valence-corrected chi connectivity index (χ0v) is 16.1. The van der Waals surface area contributed by atoms with Crippen molar-refractivity contribution in [1.29, 1.82) is 0 Å². The maximum absolute atomic E-state index is 13.0. The van der Waals surface area contributed by atoms with Crippen LogP contribution in [-0.2, 0) is 14.4 Å². The average molecular weight is 362 g/mol. The molecule has 144 valence electrons. The zero-order valence-electron chi connectivity index (χ0n) is 16.1. The van der Waals surface area contributed by atoms with Crippen LogP contribution in [0.5, 0.6) is 5.75 Å². The van der Waals surface area contributed by atoms with Crippen LogP contribution < -0.4 is 16.4 Å². The highest BCUT2D eigenvalue weighted by atomic mass is 16.7. The Bertz CT molecular complexity index is 661. The summed E-state index contributed by atoms with van der Waals surface area (Å²) in [5, 5.41) is 0. The lowest BCUT2D eigenvalue weighted by Gasteiger charge is -2.52. The number of hydrogen-bond acceptors (Lipinski definition) is 6. The van der Waals surface area contributed by atoms with Crippen molar-refractivity contribution in [2.75, 3.05) is 0 Å². The molecule has 6 heteroatoms. The van der Waals surface area contributed by atoms with Gasteiger partial charge in [-0.2, -0.15) is 5.90 Å². The van der Waals surface area contributed by atoms with Crippen molar-refractivity contribution in [2.24, 2.45) is 28.4 Å². The lowest BCUT2D eigenvalue weighted by atomic mass is 9.53. The third-order valence-electron chi connectivity index (χ3n) is 5.77. The summed E-state index contributed by atoms with van der Waals surface area (Å²) >= 11 is 0. The fourth-order valence-corrected chi connectivity index (χ4v) is 4.59. The van der Waals surface area contributed by atoms with E-state index < -0.39 is 28.8 Å². The van der Waals surface area contributed by atoms with Gasteiger partial charge in [0.1, 0.15) is 11.3 Å². The lowest BCUT2D eigenvalue weighted by molar-refractivity contribution is -0.161. The number of carbonyl (C=O) groups is 2. The van der Waals surface area contributed by atoms with E-state index in [2.05, 4.69) is 18.7 Å². The maximum Gasteiger partial charge on any atom is 0.332 e. The van der Waals surface area contributed by atoms with Gasteiger partial charge >= 0.3 is 11.9 Å². The van der Waals surface area contributed by atoms with Crippen LogP contribution in [0.15, 0.2) is 30.3 Å². The van der Waals surface area contributed by atoms with Crippen LogP contribution in [0, 0.1) is 16.7 Å². The molecule has 0 heterocycles. The first-order chi connectivity index (χ1) is 12.1. The van der Waals surface area contributed by atoms with E-state index in [9.17, 15) is 9.59 Å². The van der Waals surface area contributed by atoms with Crippen LogP contribution in [0.1, 0.15) is 53.4 Å². The quantitative estimate of drug-likeness (QED) is 0.474. The summed E-state index contributed by atoms with van der Waals surface area (Å²) in [4.78, 5) is 29.6. The van der Waals surface area contributed by atoms with Gasteiger partial charge in [0.25, 0.3) is 0 Å². The summed E-state index contributed by atoms with van der Waals surface area (Å²) in [7, 11) is 0. The Labute approximate surface area is 155 Å². The molecule has 0 amide bonds. The van der Waals surface area contributed by atoms with Gasteiger partial charge in [-0.05, 0) is 48.6 Å². The largest absolute Gasteiger partial charge is 0.425 e. The molecule has 1 aromatic rings. The molecule has 3 unspecified atom stereocenters. The highest BCUT2D eigenvalue weighted by Gasteiger charge is 2.57. The Balaban J connectivity index is 2.34. The number of hydrogen-bond donors (Lipinski definition) is 2. The molecule has 1 aromatic carbocycles. The van der Waals surface area contributed by atoms with Gasteiger partial charge in [-0.15, -0.1) is 0 Å². The topological polar surface area (TPSA) is 105 Å². The Morgan fingerprint density at radius 2 is 1.81 bits per heavy atom. The molecule has 0 radical (unpaired) electrons. The smallest absolute Gasteiger partial charge is 0.332 e. The first-order valence-electron chi connectivity index (χ1n) is 9.04. The third kappa shape index (κ3) is 3.91. The van der Waals surface area contributed by atoms with Crippen molar-refractivity contribution >= 4 is 11.9 Å². The average Bonchev–Trinajstić information content (AvgIpc) is 2.59. The normalized spacial score (nSPS) is 27.2. The minimum Gasteiger partial charge on any atom is -0.425 e. The van der Waals surface area contributed by atoms with Crippen molar-refractivity contribution < 1.29 is 19.2 Å². The first kappa shape index (κ1) is 20.4. The summed E-state index contributed by atoms with van der Waals surface area (Å²) in [5.41, 5.74) is 4.62. The van der Waals surface area contributed by atoms with Crippen LogP contribution in [0.3, 0.4) is 0 Å². The van der Waals surface area contributed by atoms with Crippen LogP contribution in [0.2, 0.25) is 0 Å². The summed E-state index contributed by atoms with van der Waals surface area (Å²) in [6.07, 6.45) is 2.17. The van der Waals surface area contributed by atoms with Crippen molar-refractivity contribution in [2.45, 2.75) is 58.9 Å². The van der Waals surface area contributed by atoms with E-state index in [4.69, 9.17) is 16.4 Å². The Hall–Kier alpha value is -1.92. The standard InChI is InChI=1S/C20H30N2O4/c1-5-20(21,17(24)25-15-9-7-6-8-10-15)19(4)12-14(16(23)26-22)11-18(2,3)13-19/h6-10,14H,5,11-13,21-22H2,1-4H3. The zero-order chi connectivity index (χ0) is 19.6. The predicted octanol–water partition coefficient (Wildman–Crippen LogP) is 2.95. The van der Waals surface area contributed by atoms with Gasteiger partial charge in [0, 0.05) is 0 Å². The second kappa shape index (κ2) is 7.37. The van der Waals surface area contributed by atoms with Gasteiger partial charge in [-0.25, -0.2) is 4.79 Å². The van der Waals surface area contributed by atoms with E-state index >= 15 is 0 Å². The van der Waals surface area contributed by atoms with Gasteiger partial charge in [0.15, 0.2) is 0 Å². The molecule has 4 N–H and O–H groups in total. The number of rotatable bonds is 5. The molecule has 26 heavy (non-hydrogen) atoms. The van der Waals surface area contributed by atoms with Crippen LogP contribution >= 0.6 is 0 Å². The molecule has 1 fully saturated rings. The van der Waals surface area contributed by atoms with Gasteiger partial charge < -0.3 is 15.3 Å². The molecule has 1 aliphatic carbocycles. The van der Waals surface area contributed by atoms with Crippen molar-refractivity contribution in [3.63, 3.8) is 0 Å². The summed E-state index contributed by atoms with van der Waals surface area (Å²) < 4.78 is 5.57. The second-order valence-corrected chi connectivity index (χ2v) is 8.47. The number of para-hydroxylation sites is 1. The van der Waals surface area contributed by atoms with Crippen molar-refractivity contribution in [3.8, 4) is 5.75 Å². The first-order valence-corrected chi connectivity index (χ1v) is 9.04. The summed E-state index contributed by atoms with van der Waals surface area (Å²) in [6, 6.07) is 8.88. The number of nitrogens with two attached hydrogens (primary N) is 2. The minimum atomic E-state index is -1.23. The van der Waals surface area contributed by atoms with Crippen molar-refractivity contribution in [1.82, 2.24) is 0 Å². The van der Waals surface area contributed by atoms with Gasteiger partial charge in [-0.1, -0.05) is 45.9 Å². The van der Waals surface area contributed by atoms with Crippen LogP contribution in [0.4, 0.5) is 0 Å². The molecule has 3 atom stereocenters. The van der Waals surface area contributed by atoms with E-state index in [0.717, 1.165) is 0 Å². The number of benzene rings is 1. The molecule has 2 rings (SSSR count). The highest BCUT2D eigenvalue weighted by Crippen LogP contribution is 2.54. The number of carbonyl (C=O) groups excluding carboxylic acids is 2. The molecule has 6 nitrogen and oxygen atoms in total. The van der Waals surface area contributed by atoms with Gasteiger partial charge in [0.2, 0.25) is 0 Å². The summed E-state index contributed by atoms with van der Waals surface area (Å²) in [5.74, 6) is 4.23. The highest BCUT2D eigenvalue weighted by molar-refractivity contribution is 5.84. The molecule has 1 aliphatic rings. The number of ether oxygens (including phenoxy) is 1.